The molecule has 1 heterocycles. The van der Waals surface area contributed by atoms with E-state index in [9.17, 15) is 13.2 Å². The molecule has 0 atom stereocenters. The molecule has 0 aliphatic rings. The van der Waals surface area contributed by atoms with Crippen molar-refractivity contribution >= 4 is 21.7 Å². The molecule has 3 aromatic rings. The van der Waals surface area contributed by atoms with Gasteiger partial charge in [-0.3, -0.25) is 4.72 Å². The maximum atomic E-state index is 13.1. The van der Waals surface area contributed by atoms with E-state index in [1.165, 1.54) is 24.4 Å². The Morgan fingerprint density at radius 1 is 1.03 bits per heavy atom. The second-order valence-electron chi connectivity index (χ2n) is 6.65. The van der Waals surface area contributed by atoms with Crippen molar-refractivity contribution in [2.75, 3.05) is 11.8 Å². The fourth-order valence-corrected chi connectivity index (χ4v) is 4.15. The molecule has 31 heavy (non-hydrogen) atoms. The summed E-state index contributed by atoms with van der Waals surface area (Å²) in [5.41, 5.74) is 2.73. The molecule has 0 spiro atoms. The van der Waals surface area contributed by atoms with E-state index >= 15 is 0 Å². The highest BCUT2D eigenvalue weighted by Gasteiger charge is 2.19. The zero-order valence-electron chi connectivity index (χ0n) is 17.1. The number of hydrogen-bond donors (Lipinski definition) is 2. The van der Waals surface area contributed by atoms with Crippen LogP contribution in [0.3, 0.4) is 0 Å². The molecule has 0 saturated carbocycles. The van der Waals surface area contributed by atoms with Crippen molar-refractivity contribution in [1.29, 1.82) is 0 Å². The topological polar surface area (TPSA) is 106 Å². The molecule has 0 unspecified atom stereocenters. The van der Waals surface area contributed by atoms with Crippen LogP contribution in [0.5, 0.6) is 5.75 Å². The van der Waals surface area contributed by atoms with Gasteiger partial charge in [0.15, 0.2) is 0 Å². The van der Waals surface area contributed by atoms with Gasteiger partial charge in [0.05, 0.1) is 12.8 Å². The normalized spacial score (nSPS) is 10.7. The predicted octanol–water partition coefficient (Wildman–Crippen LogP) is 3.61. The molecule has 3 rings (SSSR count). The molecule has 0 radical (unpaired) electrons. The number of pyridine rings is 1. The Bertz CT molecular complexity index is 1300. The maximum absolute atomic E-state index is 13.1. The fourth-order valence-electron chi connectivity index (χ4n) is 2.87. The molecule has 0 fully saturated rings. The van der Waals surface area contributed by atoms with Crippen molar-refractivity contribution in [2.24, 2.45) is 0 Å². The van der Waals surface area contributed by atoms with E-state index in [1.807, 2.05) is 13.8 Å². The van der Waals surface area contributed by atoms with Gasteiger partial charge in [-0.25, -0.2) is 18.2 Å². The van der Waals surface area contributed by atoms with Gasteiger partial charge < -0.3 is 9.84 Å². The SMILES string of the molecule is COc1ccc(NS(=O)(=O)c2ccccc2C#Cc2ccc(C(=O)O)nc2)c(C)c1C. The summed E-state index contributed by atoms with van der Waals surface area (Å²) in [5.74, 6) is 5.20. The van der Waals surface area contributed by atoms with E-state index in [2.05, 4.69) is 21.5 Å². The number of aromatic carboxylic acids is 1. The number of benzene rings is 2. The fraction of sp³-hybridized carbons (Fsp3) is 0.130. The number of methoxy groups -OCH3 is 1. The van der Waals surface area contributed by atoms with Crippen LogP contribution in [0.25, 0.3) is 0 Å². The van der Waals surface area contributed by atoms with E-state index in [1.54, 1.807) is 37.4 Å². The first kappa shape index (κ1) is 21.9. The molecule has 158 valence electrons. The van der Waals surface area contributed by atoms with Crippen LogP contribution >= 0.6 is 0 Å². The summed E-state index contributed by atoms with van der Waals surface area (Å²) in [5, 5.41) is 8.92. The number of carbonyl (C=O) groups is 1. The molecular weight excluding hydrogens is 416 g/mol. The number of sulfonamides is 1. The van der Waals surface area contributed by atoms with E-state index in [-0.39, 0.29) is 10.6 Å². The number of carboxylic acid groups (broad SMARTS) is 1. The van der Waals surface area contributed by atoms with Gasteiger partial charge in [-0.1, -0.05) is 24.0 Å². The highest BCUT2D eigenvalue weighted by molar-refractivity contribution is 7.92. The Morgan fingerprint density at radius 3 is 2.42 bits per heavy atom. The average Bonchev–Trinajstić information content (AvgIpc) is 2.76. The molecule has 0 bridgehead atoms. The second-order valence-corrected chi connectivity index (χ2v) is 8.31. The number of anilines is 1. The molecule has 0 aliphatic heterocycles. The summed E-state index contributed by atoms with van der Waals surface area (Å²) in [6.07, 6.45) is 1.33. The van der Waals surface area contributed by atoms with Gasteiger partial charge >= 0.3 is 5.97 Å². The number of rotatable bonds is 5. The molecule has 0 amide bonds. The minimum absolute atomic E-state index is 0.0329. The lowest BCUT2D eigenvalue weighted by molar-refractivity contribution is 0.0690. The van der Waals surface area contributed by atoms with Gasteiger partial charge in [0.25, 0.3) is 10.0 Å². The summed E-state index contributed by atoms with van der Waals surface area (Å²) in [6.45, 7) is 3.67. The third kappa shape index (κ3) is 4.85. The van der Waals surface area contributed by atoms with Crippen LogP contribution in [-0.4, -0.2) is 31.6 Å². The van der Waals surface area contributed by atoms with Crippen LogP contribution < -0.4 is 9.46 Å². The number of carboxylic acids is 1. The first-order chi connectivity index (χ1) is 14.7. The van der Waals surface area contributed by atoms with Crippen molar-refractivity contribution in [1.82, 2.24) is 4.98 Å². The van der Waals surface area contributed by atoms with Gasteiger partial charge in [-0.15, -0.1) is 0 Å². The highest BCUT2D eigenvalue weighted by atomic mass is 32.2. The summed E-state index contributed by atoms with van der Waals surface area (Å²) in [6, 6.07) is 12.6. The lowest BCUT2D eigenvalue weighted by atomic mass is 10.1. The standard InChI is InChI=1S/C23H20N2O5S/c1-15-16(2)21(30-3)13-12-19(15)25-31(28,29)22-7-5-4-6-18(22)10-8-17-9-11-20(23(26)27)24-14-17/h4-7,9,11-14,25H,1-3H3,(H,26,27). The molecule has 2 N–H and O–H groups in total. The molecular formula is C23H20N2O5S. The van der Waals surface area contributed by atoms with E-state index < -0.39 is 16.0 Å². The summed E-state index contributed by atoms with van der Waals surface area (Å²) < 4.78 is 34.1. The maximum Gasteiger partial charge on any atom is 0.354 e. The minimum atomic E-state index is -3.91. The van der Waals surface area contributed by atoms with Crippen molar-refractivity contribution in [3.63, 3.8) is 0 Å². The Kier molecular flexibility index (Phi) is 6.28. The number of ether oxygens (including phenoxy) is 1. The lowest BCUT2D eigenvalue weighted by Crippen LogP contribution is -2.15. The van der Waals surface area contributed by atoms with Crippen molar-refractivity contribution in [2.45, 2.75) is 18.7 Å². The van der Waals surface area contributed by atoms with Gasteiger partial charge in [0.2, 0.25) is 0 Å². The monoisotopic (exact) mass is 436 g/mol. The van der Waals surface area contributed by atoms with Crippen molar-refractivity contribution in [3.05, 3.63) is 82.7 Å². The number of hydrogen-bond acceptors (Lipinski definition) is 5. The van der Waals surface area contributed by atoms with Crippen LogP contribution in [0.2, 0.25) is 0 Å². The lowest BCUT2D eigenvalue weighted by Gasteiger charge is -2.15. The number of nitrogens with one attached hydrogen (secondary N) is 1. The van der Waals surface area contributed by atoms with E-state index in [0.29, 0.717) is 22.6 Å². The Balaban J connectivity index is 1.94. The largest absolute Gasteiger partial charge is 0.496 e. The first-order valence-electron chi connectivity index (χ1n) is 9.20. The van der Waals surface area contributed by atoms with Crippen LogP contribution in [0.1, 0.15) is 32.7 Å². The number of nitrogens with zero attached hydrogens (tertiary/aromatic N) is 1. The smallest absolute Gasteiger partial charge is 0.354 e. The molecule has 0 aliphatic carbocycles. The van der Waals surface area contributed by atoms with E-state index in [0.717, 1.165) is 11.1 Å². The molecule has 7 nitrogen and oxygen atoms in total. The molecule has 8 heteroatoms. The molecule has 2 aromatic carbocycles. The third-order valence-corrected chi connectivity index (χ3v) is 6.13. The molecule has 0 saturated heterocycles. The Hall–Kier alpha value is -3.83. The third-order valence-electron chi connectivity index (χ3n) is 4.70. The van der Waals surface area contributed by atoms with Gasteiger partial charge in [-0.05, 0) is 61.4 Å². The van der Waals surface area contributed by atoms with Crippen LogP contribution in [0.4, 0.5) is 5.69 Å². The van der Waals surface area contributed by atoms with E-state index in [4.69, 9.17) is 9.84 Å². The quantitative estimate of drug-likeness (QED) is 0.592. The minimum Gasteiger partial charge on any atom is -0.496 e. The summed E-state index contributed by atoms with van der Waals surface area (Å²) in [7, 11) is -2.35. The number of aromatic nitrogens is 1. The Labute approximate surface area is 180 Å². The van der Waals surface area contributed by atoms with Crippen molar-refractivity contribution in [3.8, 4) is 17.6 Å². The summed E-state index contributed by atoms with van der Waals surface area (Å²) in [4.78, 5) is 14.7. The van der Waals surface area contributed by atoms with Gasteiger partial charge in [-0.2, -0.15) is 0 Å². The zero-order chi connectivity index (χ0) is 22.6. The van der Waals surface area contributed by atoms with Crippen LogP contribution in [0.15, 0.2) is 59.6 Å². The summed E-state index contributed by atoms with van der Waals surface area (Å²) >= 11 is 0. The first-order valence-corrected chi connectivity index (χ1v) is 10.7. The van der Waals surface area contributed by atoms with Crippen LogP contribution in [-0.2, 0) is 10.0 Å². The van der Waals surface area contributed by atoms with Crippen molar-refractivity contribution < 1.29 is 23.1 Å². The van der Waals surface area contributed by atoms with Crippen LogP contribution in [0, 0.1) is 25.7 Å². The average molecular weight is 436 g/mol. The molecule has 1 aromatic heterocycles. The predicted molar refractivity (Wildman–Crippen MR) is 117 cm³/mol. The zero-order valence-corrected chi connectivity index (χ0v) is 17.9. The van der Waals surface area contributed by atoms with Gasteiger partial charge in [0, 0.05) is 17.3 Å². The highest BCUT2D eigenvalue weighted by Crippen LogP contribution is 2.29. The Morgan fingerprint density at radius 2 is 1.77 bits per heavy atom. The second kappa shape index (κ2) is 8.90. The van der Waals surface area contributed by atoms with Gasteiger partial charge in [0.1, 0.15) is 16.3 Å².